The third-order valence-corrected chi connectivity index (χ3v) is 12.2. The Morgan fingerprint density at radius 3 is 1.19 bits per heavy atom. The first-order chi connectivity index (χ1) is 28.8. The molecule has 0 unspecified atom stereocenters. The van der Waals surface area contributed by atoms with Gasteiger partial charge in [-0.1, -0.05) is 109 Å². The molecule has 13 rings (SSSR count). The standard InChI is InChI=1S/C53H33N5/c1-3-15-34(16-4-1)55-45-23-11-7-19-38(45)42-31-43-39-20-8-12-24-46(39)56(50(43)32-49(42)55)36-27-29-37(30-28-36)58-48-26-14-10-22-41(48)51-53(58)52-44(33-54-51)40-21-9-13-25-47(40)57(52)35-17-5-2-6-18-35/h1-33H. The monoisotopic (exact) mass is 739 g/mol. The molecular weight excluding hydrogens is 707 g/mol. The number of nitrogens with zero attached hydrogens (tertiary/aromatic N) is 5. The second-order valence-electron chi connectivity index (χ2n) is 15.2. The van der Waals surface area contributed by atoms with Crippen molar-refractivity contribution in [2.24, 2.45) is 0 Å². The second-order valence-corrected chi connectivity index (χ2v) is 15.2. The van der Waals surface area contributed by atoms with Crippen molar-refractivity contribution in [1.82, 2.24) is 23.3 Å². The Hall–Kier alpha value is -7.89. The molecule has 270 valence electrons. The van der Waals surface area contributed by atoms with Crippen molar-refractivity contribution < 1.29 is 0 Å². The van der Waals surface area contributed by atoms with Gasteiger partial charge in [-0.2, -0.15) is 0 Å². The number of benzene rings is 8. The van der Waals surface area contributed by atoms with Crippen LogP contribution in [0.15, 0.2) is 200 Å². The fourth-order valence-corrected chi connectivity index (χ4v) is 9.76. The molecule has 8 aromatic carbocycles. The fourth-order valence-electron chi connectivity index (χ4n) is 9.76. The average molecular weight is 740 g/mol. The van der Waals surface area contributed by atoms with E-state index in [1.165, 1.54) is 49.0 Å². The Kier molecular flexibility index (Phi) is 6.38. The lowest BCUT2D eigenvalue weighted by molar-refractivity contribution is 1.13. The molecule has 0 saturated carbocycles. The van der Waals surface area contributed by atoms with Crippen LogP contribution in [0, 0.1) is 0 Å². The van der Waals surface area contributed by atoms with Gasteiger partial charge in [-0.3, -0.25) is 4.98 Å². The first-order valence-corrected chi connectivity index (χ1v) is 19.8. The number of fused-ring (bicyclic) bond motifs is 13. The van der Waals surface area contributed by atoms with Crippen LogP contribution in [0.4, 0.5) is 0 Å². The van der Waals surface area contributed by atoms with Gasteiger partial charge in [0.2, 0.25) is 0 Å². The van der Waals surface area contributed by atoms with E-state index in [0.29, 0.717) is 0 Å². The molecule has 0 aliphatic rings. The van der Waals surface area contributed by atoms with Crippen molar-refractivity contribution in [3.63, 3.8) is 0 Å². The smallest absolute Gasteiger partial charge is 0.0985 e. The van der Waals surface area contributed by atoms with Crippen molar-refractivity contribution in [3.8, 4) is 22.7 Å². The number of hydrogen-bond donors (Lipinski definition) is 0. The van der Waals surface area contributed by atoms with E-state index >= 15 is 0 Å². The molecule has 0 N–H and O–H groups in total. The number of rotatable bonds is 4. The van der Waals surface area contributed by atoms with Gasteiger partial charge in [0.05, 0.1) is 49.7 Å². The summed E-state index contributed by atoms with van der Waals surface area (Å²) in [5, 5.41) is 8.45. The van der Waals surface area contributed by atoms with E-state index in [1.807, 2.05) is 0 Å². The topological polar surface area (TPSA) is 32.6 Å². The van der Waals surface area contributed by atoms with Gasteiger partial charge >= 0.3 is 0 Å². The molecule has 5 nitrogen and oxygen atoms in total. The average Bonchev–Trinajstić information content (AvgIpc) is 4.01. The van der Waals surface area contributed by atoms with Crippen LogP contribution in [0.2, 0.25) is 0 Å². The Bertz CT molecular complexity index is 3770. The molecule has 0 saturated heterocycles. The van der Waals surface area contributed by atoms with Gasteiger partial charge in [-0.15, -0.1) is 0 Å². The lowest BCUT2D eigenvalue weighted by Gasteiger charge is -2.14. The van der Waals surface area contributed by atoms with E-state index in [0.717, 1.165) is 61.1 Å². The van der Waals surface area contributed by atoms with Gasteiger partial charge in [0.1, 0.15) is 0 Å². The van der Waals surface area contributed by atoms with Crippen LogP contribution >= 0.6 is 0 Å². The predicted octanol–water partition coefficient (Wildman–Crippen LogP) is 13.5. The number of pyridine rings is 1. The summed E-state index contributed by atoms with van der Waals surface area (Å²) in [6.45, 7) is 0. The highest BCUT2D eigenvalue weighted by Crippen LogP contribution is 2.42. The highest BCUT2D eigenvalue weighted by molar-refractivity contribution is 6.22. The summed E-state index contributed by atoms with van der Waals surface area (Å²) in [6, 6.07) is 70.2. The highest BCUT2D eigenvalue weighted by atomic mass is 15.1. The van der Waals surface area contributed by atoms with Crippen molar-refractivity contribution >= 4 is 87.4 Å². The molecule has 0 amide bonds. The highest BCUT2D eigenvalue weighted by Gasteiger charge is 2.23. The summed E-state index contributed by atoms with van der Waals surface area (Å²) in [4.78, 5) is 5.20. The summed E-state index contributed by atoms with van der Waals surface area (Å²) in [6.07, 6.45) is 2.07. The summed E-state index contributed by atoms with van der Waals surface area (Å²) < 4.78 is 9.66. The molecule has 0 atom stereocenters. The van der Waals surface area contributed by atoms with E-state index in [-0.39, 0.29) is 0 Å². The molecule has 5 heteroatoms. The van der Waals surface area contributed by atoms with E-state index < -0.39 is 0 Å². The maximum Gasteiger partial charge on any atom is 0.0985 e. The number of para-hydroxylation sites is 6. The molecule has 0 spiro atoms. The van der Waals surface area contributed by atoms with E-state index in [1.54, 1.807) is 0 Å². The minimum atomic E-state index is 0.993. The van der Waals surface area contributed by atoms with Crippen molar-refractivity contribution in [2.45, 2.75) is 0 Å². The van der Waals surface area contributed by atoms with Crippen LogP contribution < -0.4 is 0 Å². The summed E-state index contributed by atoms with van der Waals surface area (Å²) in [5.41, 5.74) is 14.8. The first-order valence-electron chi connectivity index (χ1n) is 19.8. The molecule has 0 aliphatic carbocycles. The van der Waals surface area contributed by atoms with Gasteiger partial charge in [-0.05, 0) is 84.9 Å². The number of aromatic nitrogens is 5. The second kappa shape index (κ2) is 11.8. The van der Waals surface area contributed by atoms with E-state index in [9.17, 15) is 0 Å². The third kappa shape index (κ3) is 4.22. The Balaban J connectivity index is 1.08. The lowest BCUT2D eigenvalue weighted by Crippen LogP contribution is -2.00. The third-order valence-electron chi connectivity index (χ3n) is 12.2. The van der Waals surface area contributed by atoms with Crippen molar-refractivity contribution in [2.75, 3.05) is 0 Å². The molecule has 0 bridgehead atoms. The summed E-state index contributed by atoms with van der Waals surface area (Å²) in [7, 11) is 0. The molecule has 0 fully saturated rings. The van der Waals surface area contributed by atoms with Gasteiger partial charge in [0.15, 0.2) is 0 Å². The minimum absolute atomic E-state index is 0.993. The van der Waals surface area contributed by atoms with Crippen LogP contribution in [0.25, 0.3) is 110 Å². The van der Waals surface area contributed by atoms with Crippen LogP contribution in [0.5, 0.6) is 0 Å². The van der Waals surface area contributed by atoms with Gasteiger partial charge in [0, 0.05) is 66.6 Å². The number of hydrogen-bond acceptors (Lipinski definition) is 1. The molecule has 13 aromatic rings. The molecule has 5 heterocycles. The molecule has 5 aromatic heterocycles. The molecule has 0 aliphatic heterocycles. The SMILES string of the molecule is c1ccc(-n2c3ccccc3c3cc4c5ccccc5n(-c5ccc(-n6c7ccccc7c7ncc8c9ccccc9n(-c9ccccc9)c8c76)cc5)c4cc32)cc1. The maximum atomic E-state index is 5.20. The summed E-state index contributed by atoms with van der Waals surface area (Å²) in [5.74, 6) is 0. The van der Waals surface area contributed by atoms with Crippen molar-refractivity contribution in [3.05, 3.63) is 200 Å². The van der Waals surface area contributed by atoms with Crippen LogP contribution in [-0.2, 0) is 0 Å². The zero-order valence-electron chi connectivity index (χ0n) is 31.3. The molecule has 0 radical (unpaired) electrons. The van der Waals surface area contributed by atoms with E-state index in [2.05, 4.69) is 219 Å². The maximum absolute atomic E-state index is 5.20. The normalized spacial score (nSPS) is 12.1. The predicted molar refractivity (Wildman–Crippen MR) is 242 cm³/mol. The lowest BCUT2D eigenvalue weighted by atomic mass is 10.1. The van der Waals surface area contributed by atoms with Crippen LogP contribution in [0.3, 0.4) is 0 Å². The van der Waals surface area contributed by atoms with Crippen LogP contribution in [-0.4, -0.2) is 23.3 Å². The Labute approximate surface area is 332 Å². The molecule has 58 heavy (non-hydrogen) atoms. The first kappa shape index (κ1) is 31.3. The molecular formula is C53H33N5. The van der Waals surface area contributed by atoms with E-state index in [4.69, 9.17) is 4.98 Å². The Morgan fingerprint density at radius 2 is 0.638 bits per heavy atom. The quantitative estimate of drug-likeness (QED) is 0.177. The van der Waals surface area contributed by atoms with Gasteiger partial charge < -0.3 is 18.3 Å². The Morgan fingerprint density at radius 1 is 0.259 bits per heavy atom. The summed E-state index contributed by atoms with van der Waals surface area (Å²) >= 11 is 0. The van der Waals surface area contributed by atoms with Gasteiger partial charge in [0.25, 0.3) is 0 Å². The fraction of sp³-hybridized carbons (Fsp3) is 0. The van der Waals surface area contributed by atoms with Crippen LogP contribution in [0.1, 0.15) is 0 Å². The zero-order valence-corrected chi connectivity index (χ0v) is 31.3. The van der Waals surface area contributed by atoms with Crippen molar-refractivity contribution in [1.29, 1.82) is 0 Å². The van der Waals surface area contributed by atoms with Gasteiger partial charge in [-0.25, -0.2) is 0 Å². The zero-order chi connectivity index (χ0) is 37.9. The largest absolute Gasteiger partial charge is 0.309 e. The minimum Gasteiger partial charge on any atom is -0.309 e.